The number of nitrogens with zero attached hydrogens (tertiary/aromatic N) is 5. The topological polar surface area (TPSA) is 102 Å². The van der Waals surface area contributed by atoms with Crippen LogP contribution in [0.5, 0.6) is 6.01 Å². The third-order valence-electron chi connectivity index (χ3n) is 2.70. The summed E-state index contributed by atoms with van der Waals surface area (Å²) in [5, 5.41) is 0. The number of rotatable bonds is 6. The van der Waals surface area contributed by atoms with Crippen LogP contribution >= 0.6 is 0 Å². The molecular formula is C12H17N7O. The van der Waals surface area contributed by atoms with E-state index in [0.29, 0.717) is 12.5 Å². The Morgan fingerprint density at radius 2 is 2.00 bits per heavy atom. The molecule has 0 atom stereocenters. The van der Waals surface area contributed by atoms with Crippen LogP contribution in [-0.2, 0) is 6.54 Å². The number of nitrogens with one attached hydrogen (secondary N) is 1. The van der Waals surface area contributed by atoms with Crippen molar-refractivity contribution in [1.82, 2.24) is 19.9 Å². The zero-order chi connectivity index (χ0) is 14.4. The second-order valence-electron chi connectivity index (χ2n) is 3.96. The summed E-state index contributed by atoms with van der Waals surface area (Å²) in [6, 6.07) is 4.11. The number of methoxy groups -OCH3 is 1. The molecule has 0 saturated heterocycles. The number of hydrogen-bond donors (Lipinski definition) is 2. The van der Waals surface area contributed by atoms with Gasteiger partial charge in [-0.05, 0) is 24.6 Å². The third-order valence-corrected chi connectivity index (χ3v) is 2.70. The Bertz CT molecular complexity index is 527. The first kappa shape index (κ1) is 13.9. The van der Waals surface area contributed by atoms with E-state index in [-0.39, 0.29) is 12.0 Å². The lowest BCUT2D eigenvalue weighted by Gasteiger charge is -2.21. The van der Waals surface area contributed by atoms with Gasteiger partial charge in [0.15, 0.2) is 0 Å². The Morgan fingerprint density at radius 1 is 1.25 bits per heavy atom. The van der Waals surface area contributed by atoms with Crippen LogP contribution in [0.1, 0.15) is 12.5 Å². The molecule has 0 saturated carbocycles. The fourth-order valence-corrected chi connectivity index (χ4v) is 1.68. The summed E-state index contributed by atoms with van der Waals surface area (Å²) in [6.07, 6.45) is 3.51. The van der Waals surface area contributed by atoms with Crippen molar-refractivity contribution in [2.75, 3.05) is 24.0 Å². The zero-order valence-corrected chi connectivity index (χ0v) is 11.4. The maximum atomic E-state index is 5.35. The Labute approximate surface area is 117 Å². The van der Waals surface area contributed by atoms with Gasteiger partial charge < -0.3 is 9.64 Å². The molecule has 106 valence electrons. The van der Waals surface area contributed by atoms with Crippen LogP contribution in [-0.4, -0.2) is 33.6 Å². The molecule has 2 rings (SSSR count). The fraction of sp³-hybridized carbons (Fsp3) is 0.333. The van der Waals surface area contributed by atoms with Gasteiger partial charge in [0.05, 0.1) is 7.11 Å². The first-order valence-corrected chi connectivity index (χ1v) is 6.17. The summed E-state index contributed by atoms with van der Waals surface area (Å²) in [5.74, 6) is 6.12. The van der Waals surface area contributed by atoms with Gasteiger partial charge in [-0.15, -0.1) is 0 Å². The molecule has 2 aromatic rings. The molecule has 0 bridgehead atoms. The second-order valence-corrected chi connectivity index (χ2v) is 3.96. The summed E-state index contributed by atoms with van der Waals surface area (Å²) in [4.78, 5) is 18.4. The third kappa shape index (κ3) is 3.29. The van der Waals surface area contributed by atoms with E-state index in [4.69, 9.17) is 10.6 Å². The molecule has 0 aliphatic carbocycles. The summed E-state index contributed by atoms with van der Waals surface area (Å²) >= 11 is 0. The highest BCUT2D eigenvalue weighted by molar-refractivity contribution is 5.38. The Balaban J connectivity index is 2.26. The van der Waals surface area contributed by atoms with E-state index < -0.39 is 0 Å². The minimum absolute atomic E-state index is 0.219. The molecular weight excluding hydrogens is 258 g/mol. The Morgan fingerprint density at radius 3 is 2.60 bits per heavy atom. The number of ether oxygens (including phenoxy) is 1. The largest absolute Gasteiger partial charge is 0.467 e. The quantitative estimate of drug-likeness (QED) is 0.583. The highest BCUT2D eigenvalue weighted by Gasteiger charge is 2.12. The number of pyridine rings is 1. The molecule has 2 aromatic heterocycles. The molecule has 8 heteroatoms. The van der Waals surface area contributed by atoms with E-state index in [0.717, 1.165) is 12.1 Å². The molecule has 20 heavy (non-hydrogen) atoms. The van der Waals surface area contributed by atoms with E-state index in [9.17, 15) is 0 Å². The van der Waals surface area contributed by atoms with Crippen molar-refractivity contribution in [3.63, 3.8) is 0 Å². The molecule has 0 aromatic carbocycles. The van der Waals surface area contributed by atoms with Crippen molar-refractivity contribution in [2.24, 2.45) is 5.84 Å². The average Bonchev–Trinajstić information content (AvgIpc) is 2.53. The van der Waals surface area contributed by atoms with Gasteiger partial charge in [0.1, 0.15) is 0 Å². The zero-order valence-electron chi connectivity index (χ0n) is 11.4. The smallest absolute Gasteiger partial charge is 0.322 e. The lowest BCUT2D eigenvalue weighted by Crippen LogP contribution is -2.25. The number of hydrazine groups is 1. The van der Waals surface area contributed by atoms with Gasteiger partial charge in [-0.25, -0.2) is 5.84 Å². The van der Waals surface area contributed by atoms with E-state index in [1.54, 1.807) is 12.4 Å². The summed E-state index contributed by atoms with van der Waals surface area (Å²) in [6.45, 7) is 3.42. The van der Waals surface area contributed by atoms with Crippen LogP contribution in [0.4, 0.5) is 11.9 Å². The molecule has 0 fully saturated rings. The molecule has 3 N–H and O–H groups in total. The molecule has 0 spiro atoms. The highest BCUT2D eigenvalue weighted by atomic mass is 16.5. The average molecular weight is 275 g/mol. The van der Waals surface area contributed by atoms with Crippen LogP contribution in [0.2, 0.25) is 0 Å². The SMILES string of the molecule is CCN(Cc1ccncc1)c1nc(NN)nc(OC)n1. The van der Waals surface area contributed by atoms with Gasteiger partial charge >= 0.3 is 6.01 Å². The van der Waals surface area contributed by atoms with E-state index >= 15 is 0 Å². The Hall–Kier alpha value is -2.48. The standard InChI is InChI=1S/C12H17N7O/c1-3-19(8-9-4-6-14-7-5-9)11-15-10(18-13)16-12(17-11)20-2/h4-7H,3,8,13H2,1-2H3,(H,15,16,17,18). The summed E-state index contributed by atoms with van der Waals surface area (Å²) in [7, 11) is 1.50. The Kier molecular flexibility index (Phi) is 4.61. The monoisotopic (exact) mass is 275 g/mol. The minimum Gasteiger partial charge on any atom is -0.467 e. The molecule has 2 heterocycles. The normalized spacial score (nSPS) is 10.2. The summed E-state index contributed by atoms with van der Waals surface area (Å²) < 4.78 is 5.05. The maximum absolute atomic E-state index is 5.35. The first-order valence-electron chi connectivity index (χ1n) is 6.17. The lowest BCUT2D eigenvalue weighted by atomic mass is 10.2. The van der Waals surface area contributed by atoms with Crippen LogP contribution in [0, 0.1) is 0 Å². The van der Waals surface area contributed by atoms with Crippen molar-refractivity contribution in [1.29, 1.82) is 0 Å². The predicted octanol–water partition coefficient (Wildman–Crippen LogP) is 0.587. The van der Waals surface area contributed by atoms with Crippen molar-refractivity contribution in [2.45, 2.75) is 13.5 Å². The fourth-order valence-electron chi connectivity index (χ4n) is 1.68. The van der Waals surface area contributed by atoms with Crippen molar-refractivity contribution >= 4 is 11.9 Å². The van der Waals surface area contributed by atoms with Gasteiger partial charge in [-0.1, -0.05) is 0 Å². The maximum Gasteiger partial charge on any atom is 0.322 e. The summed E-state index contributed by atoms with van der Waals surface area (Å²) in [5.41, 5.74) is 3.52. The molecule has 0 aliphatic rings. The first-order chi connectivity index (χ1) is 9.76. The van der Waals surface area contributed by atoms with Gasteiger partial charge in [-0.2, -0.15) is 15.0 Å². The molecule has 0 aliphatic heterocycles. The van der Waals surface area contributed by atoms with Crippen molar-refractivity contribution in [3.05, 3.63) is 30.1 Å². The molecule has 0 unspecified atom stereocenters. The number of nitrogen functional groups attached to an aromatic ring is 1. The number of hydrogen-bond acceptors (Lipinski definition) is 8. The van der Waals surface area contributed by atoms with Crippen LogP contribution < -0.4 is 20.9 Å². The minimum atomic E-state index is 0.219. The predicted molar refractivity (Wildman–Crippen MR) is 75.2 cm³/mol. The van der Waals surface area contributed by atoms with E-state index in [2.05, 4.69) is 25.4 Å². The van der Waals surface area contributed by atoms with Crippen LogP contribution in [0.15, 0.2) is 24.5 Å². The molecule has 0 amide bonds. The van der Waals surface area contributed by atoms with Crippen molar-refractivity contribution in [3.8, 4) is 6.01 Å². The highest BCUT2D eigenvalue weighted by Crippen LogP contribution is 2.16. The molecule has 0 radical (unpaired) electrons. The van der Waals surface area contributed by atoms with Gasteiger partial charge in [0.25, 0.3) is 0 Å². The van der Waals surface area contributed by atoms with Crippen molar-refractivity contribution < 1.29 is 4.74 Å². The lowest BCUT2D eigenvalue weighted by molar-refractivity contribution is 0.378. The van der Waals surface area contributed by atoms with E-state index in [1.807, 2.05) is 24.0 Å². The second kappa shape index (κ2) is 6.62. The number of nitrogens with two attached hydrogens (primary N) is 1. The number of aromatic nitrogens is 4. The van der Waals surface area contributed by atoms with E-state index in [1.165, 1.54) is 7.11 Å². The van der Waals surface area contributed by atoms with Gasteiger partial charge in [0, 0.05) is 25.5 Å². The molecule has 8 nitrogen and oxygen atoms in total. The van der Waals surface area contributed by atoms with Crippen LogP contribution in [0.25, 0.3) is 0 Å². The van der Waals surface area contributed by atoms with Crippen LogP contribution in [0.3, 0.4) is 0 Å². The van der Waals surface area contributed by atoms with Gasteiger partial charge in [0.2, 0.25) is 11.9 Å². The number of anilines is 2. The van der Waals surface area contributed by atoms with Gasteiger partial charge in [-0.3, -0.25) is 10.4 Å².